The van der Waals surface area contributed by atoms with Gasteiger partial charge < -0.3 is 5.32 Å². The molecule has 0 aromatic heterocycles. The Morgan fingerprint density at radius 3 is 2.33 bits per heavy atom. The summed E-state index contributed by atoms with van der Waals surface area (Å²) < 4.78 is 13.2. The van der Waals surface area contributed by atoms with E-state index >= 15 is 0 Å². The van der Waals surface area contributed by atoms with Gasteiger partial charge in [-0.05, 0) is 31.4 Å². The second kappa shape index (κ2) is 4.75. The van der Waals surface area contributed by atoms with Crippen LogP contribution >= 0.6 is 23.2 Å². The van der Waals surface area contributed by atoms with E-state index in [1.54, 1.807) is 0 Å². The van der Waals surface area contributed by atoms with Crippen LogP contribution in [0.1, 0.15) is 19.3 Å². The van der Waals surface area contributed by atoms with Gasteiger partial charge in [-0.2, -0.15) is 5.26 Å². The van der Waals surface area contributed by atoms with Gasteiger partial charge in [-0.1, -0.05) is 23.2 Å². The molecular weight excluding hydrogens is 278 g/mol. The molecule has 18 heavy (non-hydrogen) atoms. The van der Waals surface area contributed by atoms with Gasteiger partial charge in [0.2, 0.25) is 5.91 Å². The highest BCUT2D eigenvalue weighted by atomic mass is 35.5. The van der Waals surface area contributed by atoms with Crippen molar-refractivity contribution in [2.24, 2.45) is 5.41 Å². The van der Waals surface area contributed by atoms with E-state index in [0.29, 0.717) is 12.8 Å². The third kappa shape index (κ3) is 2.16. The number of nitriles is 1. The van der Waals surface area contributed by atoms with Gasteiger partial charge in [0.1, 0.15) is 5.41 Å². The van der Waals surface area contributed by atoms with Crippen LogP contribution in [-0.2, 0) is 4.79 Å². The molecule has 2 rings (SSSR count). The number of hydrogen-bond acceptors (Lipinski definition) is 2. The molecule has 1 amide bonds. The summed E-state index contributed by atoms with van der Waals surface area (Å²) in [6.45, 7) is 0. The lowest BCUT2D eigenvalue weighted by atomic mass is 9.69. The minimum absolute atomic E-state index is 0.169. The van der Waals surface area contributed by atoms with Gasteiger partial charge in [0.25, 0.3) is 0 Å². The molecule has 6 heteroatoms. The molecule has 0 saturated heterocycles. The maximum absolute atomic E-state index is 13.2. The first-order valence-electron chi connectivity index (χ1n) is 5.36. The van der Waals surface area contributed by atoms with E-state index in [1.165, 1.54) is 12.1 Å². The third-order valence-corrected chi connectivity index (χ3v) is 3.65. The molecule has 1 aromatic rings. The second-order valence-electron chi connectivity index (χ2n) is 4.26. The zero-order valence-electron chi connectivity index (χ0n) is 9.27. The Hall–Kier alpha value is -1.31. The average molecular weight is 287 g/mol. The Kier molecular flexibility index (Phi) is 3.47. The van der Waals surface area contributed by atoms with Gasteiger partial charge in [0.15, 0.2) is 5.82 Å². The summed E-state index contributed by atoms with van der Waals surface area (Å²) in [7, 11) is 0. The minimum atomic E-state index is -0.965. The highest BCUT2D eigenvalue weighted by molar-refractivity contribution is 6.35. The number of anilines is 1. The van der Waals surface area contributed by atoms with Gasteiger partial charge in [-0.3, -0.25) is 4.79 Å². The predicted octanol–water partition coefficient (Wildman–Crippen LogP) is 3.76. The third-order valence-electron chi connectivity index (χ3n) is 3.10. The quantitative estimate of drug-likeness (QED) is 0.842. The summed E-state index contributed by atoms with van der Waals surface area (Å²) in [6.07, 6.45) is 1.93. The van der Waals surface area contributed by atoms with Crippen molar-refractivity contribution in [2.75, 3.05) is 5.32 Å². The Labute approximate surface area is 113 Å². The first-order valence-corrected chi connectivity index (χ1v) is 6.11. The Bertz CT molecular complexity index is 526. The fourth-order valence-electron chi connectivity index (χ4n) is 1.80. The van der Waals surface area contributed by atoms with E-state index in [9.17, 15) is 9.18 Å². The lowest BCUT2D eigenvalue weighted by Gasteiger charge is -2.33. The monoisotopic (exact) mass is 286 g/mol. The molecule has 1 aliphatic carbocycles. The Balaban J connectivity index is 2.20. The summed E-state index contributed by atoms with van der Waals surface area (Å²) in [5.74, 6) is -1.12. The van der Waals surface area contributed by atoms with Crippen LogP contribution in [0.5, 0.6) is 0 Å². The van der Waals surface area contributed by atoms with Crippen LogP contribution in [0.25, 0.3) is 0 Å². The van der Waals surface area contributed by atoms with E-state index in [-0.39, 0.29) is 15.7 Å². The molecule has 1 N–H and O–H groups in total. The minimum Gasteiger partial charge on any atom is -0.325 e. The van der Waals surface area contributed by atoms with Crippen LogP contribution < -0.4 is 5.32 Å². The van der Waals surface area contributed by atoms with Crippen LogP contribution in [0.4, 0.5) is 10.1 Å². The Morgan fingerprint density at radius 2 is 1.94 bits per heavy atom. The summed E-state index contributed by atoms with van der Waals surface area (Å²) in [5.41, 5.74) is -0.675. The number of halogens is 3. The van der Waals surface area contributed by atoms with E-state index in [4.69, 9.17) is 28.5 Å². The number of rotatable bonds is 2. The average Bonchev–Trinajstić information content (AvgIpc) is 2.25. The molecule has 94 valence electrons. The Morgan fingerprint density at radius 1 is 1.39 bits per heavy atom. The molecule has 1 aliphatic rings. The molecule has 1 fully saturated rings. The van der Waals surface area contributed by atoms with Crippen molar-refractivity contribution in [2.45, 2.75) is 19.3 Å². The van der Waals surface area contributed by atoms with Crippen molar-refractivity contribution >= 4 is 34.8 Å². The van der Waals surface area contributed by atoms with Crippen LogP contribution in [0, 0.1) is 22.6 Å². The molecule has 0 spiro atoms. The van der Waals surface area contributed by atoms with Crippen LogP contribution in [0.15, 0.2) is 12.1 Å². The standard InChI is InChI=1S/C12H9Cl2FN2O/c13-8-4-7(5-9(14)10(8)15)17-11(18)12(6-16)2-1-3-12/h4-5H,1-3H2,(H,17,18). The normalized spacial score (nSPS) is 16.6. The van der Waals surface area contributed by atoms with Gasteiger partial charge in [0, 0.05) is 5.69 Å². The van der Waals surface area contributed by atoms with Gasteiger partial charge in [-0.25, -0.2) is 4.39 Å². The van der Waals surface area contributed by atoms with E-state index < -0.39 is 17.1 Å². The van der Waals surface area contributed by atoms with Gasteiger partial charge in [-0.15, -0.1) is 0 Å². The summed E-state index contributed by atoms with van der Waals surface area (Å²) in [5, 5.41) is 11.2. The highest BCUT2D eigenvalue weighted by Crippen LogP contribution is 2.41. The van der Waals surface area contributed by atoms with Crippen molar-refractivity contribution in [1.82, 2.24) is 0 Å². The summed E-state index contributed by atoms with van der Waals surface area (Å²) in [6, 6.07) is 4.56. The molecule has 1 saturated carbocycles. The van der Waals surface area contributed by atoms with Gasteiger partial charge >= 0.3 is 0 Å². The maximum atomic E-state index is 13.2. The lowest BCUT2D eigenvalue weighted by molar-refractivity contribution is -0.126. The van der Waals surface area contributed by atoms with Crippen molar-refractivity contribution < 1.29 is 9.18 Å². The number of nitrogens with zero attached hydrogens (tertiary/aromatic N) is 1. The largest absolute Gasteiger partial charge is 0.325 e. The lowest BCUT2D eigenvalue weighted by Crippen LogP contribution is -2.40. The zero-order valence-corrected chi connectivity index (χ0v) is 10.8. The van der Waals surface area contributed by atoms with Gasteiger partial charge in [0.05, 0.1) is 16.1 Å². The molecule has 0 unspecified atom stereocenters. The number of carbonyl (C=O) groups is 1. The van der Waals surface area contributed by atoms with Crippen molar-refractivity contribution in [1.29, 1.82) is 5.26 Å². The highest BCUT2D eigenvalue weighted by Gasteiger charge is 2.44. The van der Waals surface area contributed by atoms with Crippen molar-refractivity contribution in [3.05, 3.63) is 28.0 Å². The van der Waals surface area contributed by atoms with Crippen LogP contribution in [0.2, 0.25) is 10.0 Å². The van der Waals surface area contributed by atoms with E-state index in [0.717, 1.165) is 6.42 Å². The SMILES string of the molecule is N#CC1(C(=O)Nc2cc(Cl)c(F)c(Cl)c2)CCC1. The summed E-state index contributed by atoms with van der Waals surface area (Å²) >= 11 is 11.2. The molecule has 0 atom stereocenters. The van der Waals surface area contributed by atoms with Crippen LogP contribution in [-0.4, -0.2) is 5.91 Å². The topological polar surface area (TPSA) is 52.9 Å². The molecule has 3 nitrogen and oxygen atoms in total. The number of hydrogen-bond donors (Lipinski definition) is 1. The first-order chi connectivity index (χ1) is 8.48. The molecule has 1 aromatic carbocycles. The fraction of sp³-hybridized carbons (Fsp3) is 0.333. The predicted molar refractivity (Wildman–Crippen MR) is 66.9 cm³/mol. The zero-order chi connectivity index (χ0) is 13.3. The van der Waals surface area contributed by atoms with Crippen molar-refractivity contribution in [3.63, 3.8) is 0 Å². The first kappa shape index (κ1) is 13.1. The molecule has 0 aliphatic heterocycles. The van der Waals surface area contributed by atoms with E-state index in [2.05, 4.69) is 5.32 Å². The van der Waals surface area contributed by atoms with Crippen LogP contribution in [0.3, 0.4) is 0 Å². The summed E-state index contributed by atoms with van der Waals surface area (Å²) in [4.78, 5) is 11.9. The number of carbonyl (C=O) groups excluding carboxylic acids is 1. The van der Waals surface area contributed by atoms with E-state index in [1.807, 2.05) is 6.07 Å². The molecular formula is C12H9Cl2FN2O. The maximum Gasteiger partial charge on any atom is 0.244 e. The number of nitrogens with one attached hydrogen (secondary N) is 1. The number of amides is 1. The second-order valence-corrected chi connectivity index (χ2v) is 5.07. The number of benzene rings is 1. The smallest absolute Gasteiger partial charge is 0.244 e. The molecule has 0 bridgehead atoms. The van der Waals surface area contributed by atoms with Crippen molar-refractivity contribution in [3.8, 4) is 6.07 Å². The molecule has 0 radical (unpaired) electrons. The molecule has 0 heterocycles. The fourth-order valence-corrected chi connectivity index (χ4v) is 2.29.